The van der Waals surface area contributed by atoms with E-state index in [2.05, 4.69) is 5.32 Å². The minimum Gasteiger partial charge on any atom is -0.342 e. The molecule has 0 unspecified atom stereocenters. The van der Waals surface area contributed by atoms with Crippen LogP contribution in [0.25, 0.3) is 0 Å². The molecule has 6 nitrogen and oxygen atoms in total. The second-order valence-corrected chi connectivity index (χ2v) is 7.34. The van der Waals surface area contributed by atoms with E-state index in [9.17, 15) is 18.0 Å². The average molecular weight is 340 g/mol. The van der Waals surface area contributed by atoms with Crippen molar-refractivity contribution in [3.05, 3.63) is 30.3 Å². The van der Waals surface area contributed by atoms with Gasteiger partial charge >= 0.3 is 0 Å². The van der Waals surface area contributed by atoms with Crippen LogP contribution in [0.3, 0.4) is 0 Å². The average Bonchev–Trinajstić information content (AvgIpc) is 2.47. The summed E-state index contributed by atoms with van der Waals surface area (Å²) < 4.78 is 24.1. The lowest BCUT2D eigenvalue weighted by Gasteiger charge is -2.20. The van der Waals surface area contributed by atoms with E-state index in [1.165, 1.54) is 4.90 Å². The maximum atomic E-state index is 12.1. The molecular weight excluding hydrogens is 316 g/mol. The zero-order valence-electron chi connectivity index (χ0n) is 13.6. The molecule has 0 atom stereocenters. The smallest absolute Gasteiger partial charge is 0.239 e. The third-order valence-electron chi connectivity index (χ3n) is 3.27. The van der Waals surface area contributed by atoms with Gasteiger partial charge < -0.3 is 10.2 Å². The second kappa shape index (κ2) is 9.29. The summed E-state index contributed by atoms with van der Waals surface area (Å²) in [5, 5.41) is 2.51. The molecule has 0 bridgehead atoms. The molecule has 0 aliphatic heterocycles. The van der Waals surface area contributed by atoms with Gasteiger partial charge in [-0.2, -0.15) is 0 Å². The summed E-state index contributed by atoms with van der Waals surface area (Å²) in [6.45, 7) is 4.81. The minimum absolute atomic E-state index is 0.450. The van der Waals surface area contributed by atoms with Crippen LogP contribution < -0.4 is 5.32 Å². The van der Waals surface area contributed by atoms with Crippen molar-refractivity contribution < 1.29 is 18.0 Å². The molecule has 1 aromatic carbocycles. The number of nitrogens with zero attached hydrogens (tertiary/aromatic N) is 1. The first kappa shape index (κ1) is 19.2. The molecular formula is C16H24N2O4S. The molecule has 0 saturated heterocycles. The van der Waals surface area contributed by atoms with E-state index in [4.69, 9.17) is 0 Å². The molecule has 1 aromatic rings. The Bertz CT molecular complexity index is 614. The summed E-state index contributed by atoms with van der Waals surface area (Å²) >= 11 is 0. The SMILES string of the molecule is CCCCN(CC)C(=O)CS(=O)(=O)CC(=O)Nc1ccccc1. The summed E-state index contributed by atoms with van der Waals surface area (Å²) in [4.78, 5) is 25.4. The van der Waals surface area contributed by atoms with E-state index < -0.39 is 33.2 Å². The predicted octanol–water partition coefficient (Wildman–Crippen LogP) is 1.69. The van der Waals surface area contributed by atoms with Gasteiger partial charge in [-0.3, -0.25) is 9.59 Å². The Kier molecular flexibility index (Phi) is 7.74. The van der Waals surface area contributed by atoms with Crippen molar-refractivity contribution in [3.63, 3.8) is 0 Å². The third-order valence-corrected chi connectivity index (χ3v) is 4.66. The summed E-state index contributed by atoms with van der Waals surface area (Å²) in [7, 11) is -3.78. The zero-order valence-corrected chi connectivity index (χ0v) is 14.4. The van der Waals surface area contributed by atoms with Crippen molar-refractivity contribution in [2.75, 3.05) is 29.9 Å². The van der Waals surface area contributed by atoms with Gasteiger partial charge in [0.05, 0.1) is 0 Å². The lowest BCUT2D eigenvalue weighted by molar-refractivity contribution is -0.128. The normalized spacial score (nSPS) is 11.0. The summed E-state index contributed by atoms with van der Waals surface area (Å²) in [5.41, 5.74) is 0.525. The number of unbranched alkanes of at least 4 members (excludes halogenated alkanes) is 1. The Balaban J connectivity index is 2.57. The number of hydrogen-bond acceptors (Lipinski definition) is 4. The van der Waals surface area contributed by atoms with Crippen LogP contribution >= 0.6 is 0 Å². The number of sulfone groups is 1. The van der Waals surface area contributed by atoms with Crippen molar-refractivity contribution in [1.29, 1.82) is 0 Å². The Morgan fingerprint density at radius 3 is 2.30 bits per heavy atom. The molecule has 128 valence electrons. The first-order valence-corrected chi connectivity index (χ1v) is 9.53. The lowest BCUT2D eigenvalue weighted by atomic mass is 10.3. The van der Waals surface area contributed by atoms with Crippen LogP contribution in [0, 0.1) is 0 Å². The molecule has 0 fully saturated rings. The van der Waals surface area contributed by atoms with Gasteiger partial charge in [-0.05, 0) is 25.5 Å². The molecule has 0 aromatic heterocycles. The van der Waals surface area contributed by atoms with E-state index in [-0.39, 0.29) is 0 Å². The van der Waals surface area contributed by atoms with Crippen molar-refractivity contribution in [2.45, 2.75) is 26.7 Å². The highest BCUT2D eigenvalue weighted by atomic mass is 32.2. The molecule has 1 N–H and O–H groups in total. The largest absolute Gasteiger partial charge is 0.342 e. The quantitative estimate of drug-likeness (QED) is 0.741. The Hall–Kier alpha value is -1.89. The molecule has 0 radical (unpaired) electrons. The number of anilines is 1. The molecule has 0 heterocycles. The number of rotatable bonds is 9. The van der Waals surface area contributed by atoms with Gasteiger partial charge in [-0.25, -0.2) is 8.42 Å². The van der Waals surface area contributed by atoms with Gasteiger partial charge in [0.15, 0.2) is 9.84 Å². The van der Waals surface area contributed by atoms with E-state index in [0.717, 1.165) is 12.8 Å². The molecule has 2 amide bonds. The maximum Gasteiger partial charge on any atom is 0.239 e. The highest BCUT2D eigenvalue weighted by molar-refractivity contribution is 7.92. The number of carbonyl (C=O) groups is 2. The van der Waals surface area contributed by atoms with Gasteiger partial charge in [0.1, 0.15) is 11.5 Å². The van der Waals surface area contributed by atoms with Crippen LogP contribution in [0.2, 0.25) is 0 Å². The summed E-state index contributed by atoms with van der Waals surface area (Å²) in [6.07, 6.45) is 1.75. The lowest BCUT2D eigenvalue weighted by Crippen LogP contribution is -2.38. The van der Waals surface area contributed by atoms with Crippen LogP contribution in [-0.4, -0.2) is 49.7 Å². The first-order valence-electron chi connectivity index (χ1n) is 7.71. The van der Waals surface area contributed by atoms with Gasteiger partial charge in [0.2, 0.25) is 11.8 Å². The fourth-order valence-corrected chi connectivity index (χ4v) is 3.19. The van der Waals surface area contributed by atoms with Crippen LogP contribution in [0.15, 0.2) is 30.3 Å². The van der Waals surface area contributed by atoms with E-state index in [0.29, 0.717) is 18.8 Å². The fraction of sp³-hybridized carbons (Fsp3) is 0.500. The maximum absolute atomic E-state index is 12.1. The highest BCUT2D eigenvalue weighted by Gasteiger charge is 2.23. The van der Waals surface area contributed by atoms with E-state index in [1.807, 2.05) is 13.8 Å². The van der Waals surface area contributed by atoms with Crippen LogP contribution in [-0.2, 0) is 19.4 Å². The van der Waals surface area contributed by atoms with Crippen LogP contribution in [0.5, 0.6) is 0 Å². The summed E-state index contributed by atoms with van der Waals surface area (Å²) in [6, 6.07) is 8.60. The van der Waals surface area contributed by atoms with Gasteiger partial charge in [0.25, 0.3) is 0 Å². The molecule has 0 aliphatic carbocycles. The van der Waals surface area contributed by atoms with Crippen LogP contribution in [0.4, 0.5) is 5.69 Å². The van der Waals surface area contributed by atoms with Crippen molar-refractivity contribution in [1.82, 2.24) is 4.90 Å². The minimum atomic E-state index is -3.78. The number of amides is 2. The fourth-order valence-electron chi connectivity index (χ4n) is 2.06. The molecule has 0 spiro atoms. The van der Waals surface area contributed by atoms with Crippen LogP contribution in [0.1, 0.15) is 26.7 Å². The van der Waals surface area contributed by atoms with Crippen molar-refractivity contribution in [2.24, 2.45) is 0 Å². The van der Waals surface area contributed by atoms with Crippen molar-refractivity contribution in [3.8, 4) is 0 Å². The molecule has 0 aliphatic rings. The van der Waals surface area contributed by atoms with Gasteiger partial charge in [-0.15, -0.1) is 0 Å². The van der Waals surface area contributed by atoms with Gasteiger partial charge in [0, 0.05) is 18.8 Å². The zero-order chi connectivity index (χ0) is 17.3. The Morgan fingerprint density at radius 2 is 1.74 bits per heavy atom. The van der Waals surface area contributed by atoms with Gasteiger partial charge in [-0.1, -0.05) is 31.5 Å². The molecule has 1 rings (SSSR count). The standard InChI is InChI=1S/C16H24N2O4S/c1-3-5-11-18(4-2)16(20)13-23(21,22)12-15(19)17-14-9-7-6-8-10-14/h6-10H,3-5,11-13H2,1-2H3,(H,17,19). The number of para-hydroxylation sites is 1. The molecule has 0 saturated carbocycles. The van der Waals surface area contributed by atoms with Crippen molar-refractivity contribution >= 4 is 27.3 Å². The third kappa shape index (κ3) is 7.27. The Labute approximate surface area is 137 Å². The molecule has 23 heavy (non-hydrogen) atoms. The van der Waals surface area contributed by atoms with E-state index >= 15 is 0 Å². The number of carbonyl (C=O) groups excluding carboxylic acids is 2. The molecule has 7 heteroatoms. The van der Waals surface area contributed by atoms with E-state index in [1.54, 1.807) is 30.3 Å². The first-order chi connectivity index (χ1) is 10.9. The predicted molar refractivity (Wildman–Crippen MR) is 90.9 cm³/mol. The number of nitrogens with one attached hydrogen (secondary N) is 1. The second-order valence-electron chi connectivity index (χ2n) is 5.27. The topological polar surface area (TPSA) is 83.6 Å². The monoisotopic (exact) mass is 340 g/mol. The summed E-state index contributed by atoms with van der Waals surface area (Å²) in [5.74, 6) is -2.42. The number of hydrogen-bond donors (Lipinski definition) is 1. The Morgan fingerprint density at radius 1 is 1.09 bits per heavy atom. The number of benzene rings is 1. The highest BCUT2D eigenvalue weighted by Crippen LogP contribution is 2.06.